The Morgan fingerprint density at radius 1 is 0.964 bits per heavy atom. The number of aromatic nitrogens is 3. The van der Waals surface area contributed by atoms with Crippen LogP contribution in [-0.4, -0.2) is 41.4 Å². The minimum Gasteiger partial charge on any atom is -0.366 e. The van der Waals surface area contributed by atoms with Gasteiger partial charge in [-0.05, 0) is 24.3 Å². The highest BCUT2D eigenvalue weighted by Gasteiger charge is 2.21. The van der Waals surface area contributed by atoms with Crippen molar-refractivity contribution >= 4 is 23.1 Å². The summed E-state index contributed by atoms with van der Waals surface area (Å²) in [6, 6.07) is 16.1. The van der Waals surface area contributed by atoms with Crippen LogP contribution in [0.15, 0.2) is 54.7 Å². The number of nitrogens with zero attached hydrogens (tertiary/aromatic N) is 6. The van der Waals surface area contributed by atoms with Crippen molar-refractivity contribution in [1.82, 2.24) is 15.2 Å². The van der Waals surface area contributed by atoms with Gasteiger partial charge in [0, 0.05) is 26.2 Å². The van der Waals surface area contributed by atoms with E-state index in [-0.39, 0.29) is 5.82 Å². The number of nitrogens with one attached hydrogen (secondary N) is 1. The van der Waals surface area contributed by atoms with E-state index in [9.17, 15) is 9.65 Å². The largest absolute Gasteiger partial charge is 0.366 e. The standard InChI is InChI=1S/C20H18FN7/c21-16-6-2-4-8-18(16)27-9-11-28(12-10-27)20-25-19(14-23-26-20)24-17-7-3-1-5-15(17)13-22/h1-8,14H,9-12H2,(H,24,25,26). The molecule has 0 amide bonds. The Kier molecular flexibility index (Phi) is 4.97. The van der Waals surface area contributed by atoms with Gasteiger partial charge in [-0.25, -0.2) is 4.39 Å². The summed E-state index contributed by atoms with van der Waals surface area (Å²) in [5, 5.41) is 20.5. The lowest BCUT2D eigenvalue weighted by Crippen LogP contribution is -2.47. The number of nitriles is 1. The number of benzene rings is 2. The quantitative estimate of drug-likeness (QED) is 0.751. The van der Waals surface area contributed by atoms with Gasteiger partial charge in [-0.2, -0.15) is 15.3 Å². The number of halogens is 1. The highest BCUT2D eigenvalue weighted by atomic mass is 19.1. The second kappa shape index (κ2) is 7.88. The minimum absolute atomic E-state index is 0.212. The average Bonchev–Trinajstić information content (AvgIpc) is 2.75. The molecule has 28 heavy (non-hydrogen) atoms. The van der Waals surface area contributed by atoms with Crippen LogP contribution in [-0.2, 0) is 0 Å². The van der Waals surface area contributed by atoms with Crippen LogP contribution in [0.1, 0.15) is 5.56 Å². The van der Waals surface area contributed by atoms with Gasteiger partial charge in [0.1, 0.15) is 11.9 Å². The molecule has 0 saturated carbocycles. The zero-order valence-corrected chi connectivity index (χ0v) is 15.1. The summed E-state index contributed by atoms with van der Waals surface area (Å²) in [4.78, 5) is 8.56. The van der Waals surface area contributed by atoms with Crippen LogP contribution < -0.4 is 15.1 Å². The maximum absolute atomic E-state index is 14.0. The van der Waals surface area contributed by atoms with Crippen LogP contribution in [0, 0.1) is 17.1 Å². The molecule has 7 nitrogen and oxygen atoms in total. The molecule has 1 aliphatic heterocycles. The maximum Gasteiger partial charge on any atom is 0.247 e. The maximum atomic E-state index is 14.0. The summed E-state index contributed by atoms with van der Waals surface area (Å²) in [5.74, 6) is 0.813. The Hall–Kier alpha value is -3.73. The van der Waals surface area contributed by atoms with E-state index >= 15 is 0 Å². The molecule has 1 saturated heterocycles. The number of rotatable bonds is 4. The van der Waals surface area contributed by atoms with Gasteiger partial charge >= 0.3 is 0 Å². The first-order chi connectivity index (χ1) is 13.7. The molecule has 1 fully saturated rings. The van der Waals surface area contributed by atoms with E-state index in [1.54, 1.807) is 18.2 Å². The van der Waals surface area contributed by atoms with Crippen molar-refractivity contribution < 1.29 is 4.39 Å². The summed E-state index contributed by atoms with van der Waals surface area (Å²) in [7, 11) is 0. The third-order valence-corrected chi connectivity index (χ3v) is 4.61. The SMILES string of the molecule is N#Cc1ccccc1Nc1cnnc(N2CCN(c3ccccc3F)CC2)n1. The first kappa shape index (κ1) is 17.7. The molecule has 2 aromatic carbocycles. The predicted octanol–water partition coefficient (Wildman–Crippen LogP) is 2.95. The first-order valence-electron chi connectivity index (χ1n) is 8.95. The zero-order valence-electron chi connectivity index (χ0n) is 15.1. The fraction of sp³-hybridized carbons (Fsp3) is 0.200. The minimum atomic E-state index is -0.212. The van der Waals surface area contributed by atoms with Crippen molar-refractivity contribution in [3.05, 3.63) is 66.1 Å². The number of piperazine rings is 1. The Morgan fingerprint density at radius 3 is 2.46 bits per heavy atom. The van der Waals surface area contributed by atoms with Crippen LogP contribution in [0.4, 0.5) is 27.5 Å². The molecule has 4 rings (SSSR count). The van der Waals surface area contributed by atoms with Gasteiger partial charge in [0.2, 0.25) is 5.95 Å². The fourth-order valence-corrected chi connectivity index (χ4v) is 3.17. The molecule has 8 heteroatoms. The number of hydrogen-bond donors (Lipinski definition) is 1. The van der Waals surface area contributed by atoms with Crippen LogP contribution in [0.25, 0.3) is 0 Å². The Bertz CT molecular complexity index is 1010. The molecule has 0 bridgehead atoms. The van der Waals surface area contributed by atoms with Gasteiger partial charge in [0.25, 0.3) is 0 Å². The van der Waals surface area contributed by atoms with Crippen molar-refractivity contribution in [2.45, 2.75) is 0 Å². The summed E-state index contributed by atoms with van der Waals surface area (Å²) < 4.78 is 14.0. The number of para-hydroxylation sites is 2. The van der Waals surface area contributed by atoms with Gasteiger partial charge in [-0.1, -0.05) is 24.3 Å². The average molecular weight is 375 g/mol. The van der Waals surface area contributed by atoms with Crippen molar-refractivity contribution in [3.8, 4) is 6.07 Å². The lowest BCUT2D eigenvalue weighted by atomic mass is 10.2. The van der Waals surface area contributed by atoms with Crippen molar-refractivity contribution in [2.75, 3.05) is 41.3 Å². The zero-order chi connectivity index (χ0) is 19.3. The molecule has 140 valence electrons. The van der Waals surface area contributed by atoms with E-state index in [1.165, 1.54) is 12.3 Å². The molecule has 2 heterocycles. The molecule has 0 unspecified atom stereocenters. The second-order valence-electron chi connectivity index (χ2n) is 6.35. The summed E-state index contributed by atoms with van der Waals surface area (Å²) in [5.41, 5.74) is 1.81. The molecule has 1 aliphatic rings. The third kappa shape index (κ3) is 3.69. The second-order valence-corrected chi connectivity index (χ2v) is 6.35. The summed E-state index contributed by atoms with van der Waals surface area (Å²) in [6.07, 6.45) is 1.52. The van der Waals surface area contributed by atoms with E-state index in [0.29, 0.717) is 54.9 Å². The smallest absolute Gasteiger partial charge is 0.247 e. The Balaban J connectivity index is 1.46. The molecule has 0 radical (unpaired) electrons. The van der Waals surface area contributed by atoms with E-state index in [1.807, 2.05) is 34.1 Å². The highest BCUT2D eigenvalue weighted by molar-refractivity contribution is 5.64. The van der Waals surface area contributed by atoms with Gasteiger partial charge in [0.05, 0.1) is 23.1 Å². The normalized spacial score (nSPS) is 13.9. The van der Waals surface area contributed by atoms with E-state index in [4.69, 9.17) is 0 Å². The lowest BCUT2D eigenvalue weighted by molar-refractivity contribution is 0.592. The van der Waals surface area contributed by atoms with Gasteiger partial charge in [-0.15, -0.1) is 5.10 Å². The van der Waals surface area contributed by atoms with Crippen LogP contribution in [0.3, 0.4) is 0 Å². The topological polar surface area (TPSA) is 81.0 Å². The number of anilines is 4. The molecule has 1 N–H and O–H groups in total. The monoisotopic (exact) mass is 375 g/mol. The Morgan fingerprint density at radius 2 is 1.68 bits per heavy atom. The predicted molar refractivity (Wildman–Crippen MR) is 105 cm³/mol. The van der Waals surface area contributed by atoms with Gasteiger partial charge in [-0.3, -0.25) is 0 Å². The van der Waals surface area contributed by atoms with Crippen molar-refractivity contribution in [2.24, 2.45) is 0 Å². The molecule has 0 atom stereocenters. The molecule has 1 aromatic heterocycles. The molecular weight excluding hydrogens is 357 g/mol. The van der Waals surface area contributed by atoms with Crippen molar-refractivity contribution in [3.63, 3.8) is 0 Å². The molecule has 3 aromatic rings. The van der Waals surface area contributed by atoms with Crippen molar-refractivity contribution in [1.29, 1.82) is 5.26 Å². The molecular formula is C20H18FN7. The summed E-state index contributed by atoms with van der Waals surface area (Å²) >= 11 is 0. The van der Waals surface area contributed by atoms with Gasteiger partial charge in [0.15, 0.2) is 5.82 Å². The van der Waals surface area contributed by atoms with E-state index in [2.05, 4.69) is 26.6 Å². The number of hydrogen-bond acceptors (Lipinski definition) is 7. The summed E-state index contributed by atoms with van der Waals surface area (Å²) in [6.45, 7) is 2.65. The van der Waals surface area contributed by atoms with Gasteiger partial charge < -0.3 is 15.1 Å². The fourth-order valence-electron chi connectivity index (χ4n) is 3.17. The van der Waals surface area contributed by atoms with Crippen LogP contribution in [0.2, 0.25) is 0 Å². The van der Waals surface area contributed by atoms with E-state index in [0.717, 1.165) is 0 Å². The van der Waals surface area contributed by atoms with E-state index < -0.39 is 0 Å². The third-order valence-electron chi connectivity index (χ3n) is 4.61. The van der Waals surface area contributed by atoms with Crippen LogP contribution in [0.5, 0.6) is 0 Å². The Labute approximate surface area is 162 Å². The highest BCUT2D eigenvalue weighted by Crippen LogP contribution is 2.23. The molecule has 0 spiro atoms. The molecule has 0 aliphatic carbocycles. The first-order valence-corrected chi connectivity index (χ1v) is 8.95. The lowest BCUT2D eigenvalue weighted by Gasteiger charge is -2.36. The van der Waals surface area contributed by atoms with Crippen LogP contribution >= 0.6 is 0 Å².